The van der Waals surface area contributed by atoms with E-state index in [0.29, 0.717) is 17.9 Å². The van der Waals surface area contributed by atoms with Crippen LogP contribution in [0.3, 0.4) is 0 Å². The van der Waals surface area contributed by atoms with E-state index >= 15 is 0 Å². The number of carbonyl (C=O) groups excluding carboxylic acids is 1. The number of aromatic amines is 1. The molecule has 3 aromatic rings. The van der Waals surface area contributed by atoms with Crippen LogP contribution in [0, 0.1) is 11.6 Å². The third kappa shape index (κ3) is 4.73. The van der Waals surface area contributed by atoms with Gasteiger partial charge in [-0.2, -0.15) is 5.10 Å². The molecule has 2 N–H and O–H groups in total. The molecular formula is C21H21F2N3O2. The maximum Gasteiger partial charge on any atom is 0.255 e. The minimum absolute atomic E-state index is 0.0558. The largest absolute Gasteiger partial charge is 0.494 e. The van der Waals surface area contributed by atoms with Crippen molar-refractivity contribution in [1.82, 2.24) is 15.5 Å². The smallest absolute Gasteiger partial charge is 0.255 e. The van der Waals surface area contributed by atoms with Gasteiger partial charge in [-0.25, -0.2) is 8.78 Å². The third-order valence-corrected chi connectivity index (χ3v) is 4.25. The number of H-pyrrole nitrogens is 1. The summed E-state index contributed by atoms with van der Waals surface area (Å²) < 4.78 is 32.3. The molecular weight excluding hydrogens is 364 g/mol. The van der Waals surface area contributed by atoms with Gasteiger partial charge in [-0.15, -0.1) is 0 Å². The molecule has 2 aromatic carbocycles. The van der Waals surface area contributed by atoms with Crippen molar-refractivity contribution < 1.29 is 18.3 Å². The van der Waals surface area contributed by atoms with Crippen molar-refractivity contribution in [2.45, 2.75) is 26.3 Å². The molecule has 146 valence electrons. The fraction of sp³-hybridized carbons (Fsp3) is 0.238. The molecule has 0 radical (unpaired) electrons. The Morgan fingerprint density at radius 1 is 1.18 bits per heavy atom. The number of unbranched alkanes of at least 4 members (excludes halogenated alkanes) is 1. The number of halogens is 2. The maximum atomic E-state index is 13.7. The van der Waals surface area contributed by atoms with Crippen LogP contribution in [0.4, 0.5) is 8.78 Å². The predicted octanol–water partition coefficient (Wildman–Crippen LogP) is 4.46. The van der Waals surface area contributed by atoms with Crippen LogP contribution in [-0.2, 0) is 6.54 Å². The van der Waals surface area contributed by atoms with Crippen LogP contribution in [0.25, 0.3) is 11.3 Å². The van der Waals surface area contributed by atoms with Crippen LogP contribution in [0.5, 0.6) is 5.75 Å². The second-order valence-corrected chi connectivity index (χ2v) is 6.30. The molecule has 7 heteroatoms. The Labute approximate surface area is 161 Å². The van der Waals surface area contributed by atoms with Crippen LogP contribution in [0.15, 0.2) is 48.7 Å². The number of hydrogen-bond donors (Lipinski definition) is 2. The Bertz CT molecular complexity index is 939. The van der Waals surface area contributed by atoms with Crippen molar-refractivity contribution in [3.63, 3.8) is 0 Å². The van der Waals surface area contributed by atoms with E-state index in [0.717, 1.165) is 36.3 Å². The van der Waals surface area contributed by atoms with Gasteiger partial charge < -0.3 is 10.1 Å². The zero-order chi connectivity index (χ0) is 19.9. The van der Waals surface area contributed by atoms with Gasteiger partial charge in [0, 0.05) is 23.7 Å². The first kappa shape index (κ1) is 19.5. The second-order valence-electron chi connectivity index (χ2n) is 6.30. The summed E-state index contributed by atoms with van der Waals surface area (Å²) in [5, 5.41) is 9.39. The van der Waals surface area contributed by atoms with Crippen LogP contribution >= 0.6 is 0 Å². The lowest BCUT2D eigenvalue weighted by atomic mass is 10.1. The highest BCUT2D eigenvalue weighted by Crippen LogP contribution is 2.24. The molecule has 5 nitrogen and oxygen atoms in total. The lowest BCUT2D eigenvalue weighted by Gasteiger charge is -2.08. The average Bonchev–Trinajstić information content (AvgIpc) is 3.18. The van der Waals surface area contributed by atoms with Gasteiger partial charge >= 0.3 is 0 Å². The van der Waals surface area contributed by atoms with Crippen molar-refractivity contribution in [3.8, 4) is 17.0 Å². The summed E-state index contributed by atoms with van der Waals surface area (Å²) in [6.45, 7) is 2.70. The van der Waals surface area contributed by atoms with E-state index in [1.807, 2.05) is 24.3 Å². The maximum absolute atomic E-state index is 13.7. The number of ether oxygens (including phenoxy) is 1. The molecule has 1 heterocycles. The molecule has 1 aromatic heterocycles. The number of benzene rings is 2. The fourth-order valence-corrected chi connectivity index (χ4v) is 2.67. The minimum Gasteiger partial charge on any atom is -0.494 e. The zero-order valence-electron chi connectivity index (χ0n) is 15.5. The summed E-state index contributed by atoms with van der Waals surface area (Å²) in [5.74, 6) is -1.01. The monoisotopic (exact) mass is 385 g/mol. The molecule has 0 aliphatic carbocycles. The predicted molar refractivity (Wildman–Crippen MR) is 102 cm³/mol. The normalized spacial score (nSPS) is 10.7. The van der Waals surface area contributed by atoms with E-state index in [-0.39, 0.29) is 12.1 Å². The first-order chi connectivity index (χ1) is 13.6. The van der Waals surface area contributed by atoms with Crippen LogP contribution in [0.2, 0.25) is 0 Å². The molecule has 0 fully saturated rings. The van der Waals surface area contributed by atoms with E-state index in [9.17, 15) is 13.6 Å². The summed E-state index contributed by atoms with van der Waals surface area (Å²) >= 11 is 0. The van der Waals surface area contributed by atoms with Gasteiger partial charge in [-0.05, 0) is 36.8 Å². The highest BCUT2D eigenvalue weighted by Gasteiger charge is 2.16. The molecule has 0 saturated heterocycles. The van der Waals surface area contributed by atoms with Gasteiger partial charge in [0.1, 0.15) is 17.4 Å². The molecule has 28 heavy (non-hydrogen) atoms. The highest BCUT2D eigenvalue weighted by molar-refractivity contribution is 5.99. The summed E-state index contributed by atoms with van der Waals surface area (Å²) in [6.07, 6.45) is 3.46. The van der Waals surface area contributed by atoms with Gasteiger partial charge in [0.15, 0.2) is 0 Å². The van der Waals surface area contributed by atoms with E-state index in [1.165, 1.54) is 12.3 Å². The van der Waals surface area contributed by atoms with Gasteiger partial charge in [0.2, 0.25) is 0 Å². The van der Waals surface area contributed by atoms with E-state index in [1.54, 1.807) is 0 Å². The Kier molecular flexibility index (Phi) is 6.37. The molecule has 1 amide bonds. The number of nitrogens with one attached hydrogen (secondary N) is 2. The Morgan fingerprint density at radius 3 is 2.68 bits per heavy atom. The summed E-state index contributed by atoms with van der Waals surface area (Å²) in [7, 11) is 0. The highest BCUT2D eigenvalue weighted by atomic mass is 19.1. The van der Waals surface area contributed by atoms with E-state index in [4.69, 9.17) is 4.74 Å². The molecule has 0 spiro atoms. The second kappa shape index (κ2) is 9.12. The molecule has 0 unspecified atom stereocenters. The fourth-order valence-electron chi connectivity index (χ4n) is 2.67. The van der Waals surface area contributed by atoms with Gasteiger partial charge in [0.25, 0.3) is 5.91 Å². The van der Waals surface area contributed by atoms with Gasteiger partial charge in [-0.1, -0.05) is 19.4 Å². The zero-order valence-corrected chi connectivity index (χ0v) is 15.5. The minimum atomic E-state index is -0.702. The molecule has 0 bridgehead atoms. The molecule has 0 atom stereocenters. The van der Waals surface area contributed by atoms with Crippen LogP contribution < -0.4 is 10.1 Å². The quantitative estimate of drug-likeness (QED) is 0.563. The number of aromatic nitrogens is 2. The van der Waals surface area contributed by atoms with Gasteiger partial charge in [0.05, 0.1) is 24.1 Å². The molecule has 3 rings (SSSR count). The van der Waals surface area contributed by atoms with Crippen molar-refractivity contribution in [2.75, 3.05) is 6.61 Å². The molecule has 0 aliphatic rings. The first-order valence-electron chi connectivity index (χ1n) is 9.07. The van der Waals surface area contributed by atoms with Crippen molar-refractivity contribution in [2.24, 2.45) is 0 Å². The first-order valence-corrected chi connectivity index (χ1v) is 9.07. The SMILES string of the molecule is CCCCOc1ccc(-c2[nH]ncc2C(=O)NCc2ccc(F)cc2F)cc1. The van der Waals surface area contributed by atoms with Crippen LogP contribution in [0.1, 0.15) is 35.7 Å². The number of rotatable bonds is 8. The number of hydrogen-bond acceptors (Lipinski definition) is 3. The third-order valence-electron chi connectivity index (χ3n) is 4.25. The van der Waals surface area contributed by atoms with Crippen molar-refractivity contribution in [1.29, 1.82) is 0 Å². The van der Waals surface area contributed by atoms with Crippen molar-refractivity contribution in [3.05, 3.63) is 71.4 Å². The number of carbonyl (C=O) groups is 1. The summed E-state index contributed by atoms with van der Waals surface area (Å²) in [4.78, 5) is 12.5. The topological polar surface area (TPSA) is 67.0 Å². The van der Waals surface area contributed by atoms with Crippen LogP contribution in [-0.4, -0.2) is 22.7 Å². The number of amides is 1. The van der Waals surface area contributed by atoms with Crippen molar-refractivity contribution >= 4 is 5.91 Å². The summed E-state index contributed by atoms with van der Waals surface area (Å²) in [6, 6.07) is 10.6. The Morgan fingerprint density at radius 2 is 1.96 bits per heavy atom. The molecule has 0 aliphatic heterocycles. The Hall–Kier alpha value is -3.22. The summed E-state index contributed by atoms with van der Waals surface area (Å²) in [5.41, 5.74) is 1.87. The van der Waals surface area contributed by atoms with E-state index in [2.05, 4.69) is 22.4 Å². The van der Waals surface area contributed by atoms with Gasteiger partial charge in [-0.3, -0.25) is 9.89 Å². The molecule has 0 saturated carbocycles. The standard InChI is InChI=1S/C21H21F2N3O2/c1-2-3-10-28-17-8-5-14(6-9-17)20-18(13-25-26-20)21(27)24-12-15-4-7-16(22)11-19(15)23/h4-9,11,13H,2-3,10,12H2,1H3,(H,24,27)(H,25,26). The van der Waals surface area contributed by atoms with E-state index < -0.39 is 17.5 Å². The lowest BCUT2D eigenvalue weighted by molar-refractivity contribution is 0.0951. The number of nitrogens with zero attached hydrogens (tertiary/aromatic N) is 1. The average molecular weight is 385 g/mol. The lowest BCUT2D eigenvalue weighted by Crippen LogP contribution is -2.23. The Balaban J connectivity index is 1.68.